The van der Waals surface area contributed by atoms with Gasteiger partial charge in [0.05, 0.1) is 12.1 Å². The Balaban J connectivity index is 1.76. The zero-order valence-corrected chi connectivity index (χ0v) is 15.1. The van der Waals surface area contributed by atoms with Crippen molar-refractivity contribution in [3.05, 3.63) is 70.6 Å². The van der Waals surface area contributed by atoms with E-state index in [4.69, 9.17) is 16.3 Å². The van der Waals surface area contributed by atoms with Crippen LogP contribution in [0.2, 0.25) is 5.02 Å². The summed E-state index contributed by atoms with van der Waals surface area (Å²) >= 11 is 5.82. The molecular weight excluding hydrogens is 355 g/mol. The number of halogens is 2. The number of nitrogens with zero attached hydrogens (tertiary/aromatic N) is 2. The summed E-state index contributed by atoms with van der Waals surface area (Å²) in [7, 11) is 1.64. The van der Waals surface area contributed by atoms with Gasteiger partial charge in [-0.3, -0.25) is 0 Å². The van der Waals surface area contributed by atoms with Crippen LogP contribution in [0.1, 0.15) is 11.3 Å². The quantitative estimate of drug-likeness (QED) is 0.641. The number of hydrogen-bond acceptors (Lipinski definition) is 5. The van der Waals surface area contributed by atoms with E-state index in [1.807, 2.05) is 31.2 Å². The number of rotatable bonds is 6. The summed E-state index contributed by atoms with van der Waals surface area (Å²) in [6, 6.07) is 14.0. The first-order chi connectivity index (χ1) is 12.5. The van der Waals surface area contributed by atoms with Crippen LogP contribution in [0.3, 0.4) is 0 Å². The fraction of sp³-hybridized carbons (Fsp3) is 0.158. The first kappa shape index (κ1) is 17.9. The lowest BCUT2D eigenvalue weighted by Crippen LogP contribution is -2.07. The minimum Gasteiger partial charge on any atom is -0.496 e. The molecule has 7 heteroatoms. The highest BCUT2D eigenvalue weighted by Crippen LogP contribution is 2.23. The third kappa shape index (κ3) is 4.40. The van der Waals surface area contributed by atoms with Crippen LogP contribution in [0.4, 0.5) is 21.8 Å². The molecule has 0 spiro atoms. The Kier molecular flexibility index (Phi) is 5.53. The molecule has 0 saturated heterocycles. The average Bonchev–Trinajstić information content (AvgIpc) is 2.63. The second-order valence-electron chi connectivity index (χ2n) is 5.64. The number of ether oxygens (including phenoxy) is 1. The number of aromatic nitrogens is 2. The molecule has 2 N–H and O–H groups in total. The molecule has 0 amide bonds. The van der Waals surface area contributed by atoms with Gasteiger partial charge < -0.3 is 15.4 Å². The third-order valence-electron chi connectivity index (χ3n) is 3.68. The summed E-state index contributed by atoms with van der Waals surface area (Å²) in [4.78, 5) is 8.83. The van der Waals surface area contributed by atoms with Gasteiger partial charge in [-0.1, -0.05) is 29.8 Å². The number of para-hydroxylation sites is 1. The Labute approximate surface area is 156 Å². The number of anilines is 3. The zero-order valence-electron chi connectivity index (χ0n) is 14.4. The molecule has 1 heterocycles. The molecule has 26 heavy (non-hydrogen) atoms. The number of aryl methyl sites for hydroxylation is 1. The minimum atomic E-state index is -0.463. The predicted molar refractivity (Wildman–Crippen MR) is 102 cm³/mol. The maximum absolute atomic E-state index is 13.3. The monoisotopic (exact) mass is 372 g/mol. The van der Waals surface area contributed by atoms with Gasteiger partial charge in [-0.25, -0.2) is 9.37 Å². The highest BCUT2D eigenvalue weighted by atomic mass is 35.5. The number of nitrogens with one attached hydrogen (secondary N) is 2. The van der Waals surface area contributed by atoms with E-state index in [0.29, 0.717) is 24.0 Å². The lowest BCUT2D eigenvalue weighted by atomic mass is 10.2. The van der Waals surface area contributed by atoms with E-state index in [9.17, 15) is 4.39 Å². The molecule has 0 fully saturated rings. The maximum Gasteiger partial charge on any atom is 0.225 e. The van der Waals surface area contributed by atoms with Crippen molar-refractivity contribution in [3.8, 4) is 5.75 Å². The van der Waals surface area contributed by atoms with E-state index in [2.05, 4.69) is 20.6 Å². The molecule has 5 nitrogen and oxygen atoms in total. The van der Waals surface area contributed by atoms with Crippen molar-refractivity contribution in [3.63, 3.8) is 0 Å². The van der Waals surface area contributed by atoms with Gasteiger partial charge in [0.2, 0.25) is 5.95 Å². The average molecular weight is 373 g/mol. The summed E-state index contributed by atoms with van der Waals surface area (Å²) in [6.45, 7) is 2.40. The fourth-order valence-electron chi connectivity index (χ4n) is 2.46. The van der Waals surface area contributed by atoms with Gasteiger partial charge in [-0.15, -0.1) is 0 Å². The van der Waals surface area contributed by atoms with Crippen LogP contribution in [0, 0.1) is 12.7 Å². The smallest absolute Gasteiger partial charge is 0.225 e. The number of hydrogen-bond donors (Lipinski definition) is 2. The van der Waals surface area contributed by atoms with Crippen molar-refractivity contribution in [2.45, 2.75) is 13.5 Å². The van der Waals surface area contributed by atoms with Crippen molar-refractivity contribution in [2.24, 2.45) is 0 Å². The van der Waals surface area contributed by atoms with Gasteiger partial charge in [0, 0.05) is 29.6 Å². The van der Waals surface area contributed by atoms with E-state index < -0.39 is 5.82 Å². The van der Waals surface area contributed by atoms with Crippen LogP contribution in [-0.2, 0) is 6.54 Å². The molecule has 2 aromatic carbocycles. The number of benzene rings is 2. The number of methoxy groups -OCH3 is 1. The lowest BCUT2D eigenvalue weighted by Gasteiger charge is -2.12. The molecule has 0 bridgehead atoms. The lowest BCUT2D eigenvalue weighted by molar-refractivity contribution is 0.410. The van der Waals surface area contributed by atoms with Crippen molar-refractivity contribution in [1.82, 2.24) is 9.97 Å². The molecule has 1 aromatic heterocycles. The second-order valence-corrected chi connectivity index (χ2v) is 6.04. The Morgan fingerprint density at radius 2 is 1.92 bits per heavy atom. The first-order valence-electron chi connectivity index (χ1n) is 7.98. The minimum absolute atomic E-state index is 0.0512. The van der Waals surface area contributed by atoms with Crippen molar-refractivity contribution in [2.75, 3.05) is 17.7 Å². The SMILES string of the molecule is COc1ccccc1CNc1nc(C)cc(Nc2ccc(F)c(Cl)c2)n1. The van der Waals surface area contributed by atoms with E-state index in [1.54, 1.807) is 19.2 Å². The molecule has 3 rings (SSSR count). The third-order valence-corrected chi connectivity index (χ3v) is 3.97. The summed E-state index contributed by atoms with van der Waals surface area (Å²) in [5.41, 5.74) is 2.43. The van der Waals surface area contributed by atoms with Crippen LogP contribution in [0.25, 0.3) is 0 Å². The van der Waals surface area contributed by atoms with E-state index in [0.717, 1.165) is 17.0 Å². The Bertz CT molecular complexity index is 920. The highest BCUT2D eigenvalue weighted by Gasteiger charge is 2.07. The Morgan fingerprint density at radius 3 is 2.69 bits per heavy atom. The summed E-state index contributed by atoms with van der Waals surface area (Å²) in [6.07, 6.45) is 0. The largest absolute Gasteiger partial charge is 0.496 e. The Morgan fingerprint density at radius 1 is 1.12 bits per heavy atom. The normalized spacial score (nSPS) is 10.5. The zero-order chi connectivity index (χ0) is 18.5. The van der Waals surface area contributed by atoms with Crippen LogP contribution in [-0.4, -0.2) is 17.1 Å². The standard InChI is InChI=1S/C19H18ClFN4O/c1-12-9-18(24-14-7-8-16(21)15(20)10-14)25-19(23-12)22-11-13-5-3-4-6-17(13)26-2/h3-10H,11H2,1-2H3,(H2,22,23,24,25). The van der Waals surface area contributed by atoms with Gasteiger partial charge in [0.1, 0.15) is 17.4 Å². The van der Waals surface area contributed by atoms with Crippen LogP contribution < -0.4 is 15.4 Å². The summed E-state index contributed by atoms with van der Waals surface area (Å²) in [5.74, 6) is 1.40. The first-order valence-corrected chi connectivity index (χ1v) is 8.36. The topological polar surface area (TPSA) is 59.1 Å². The van der Waals surface area contributed by atoms with Gasteiger partial charge in [-0.2, -0.15) is 4.98 Å². The summed E-state index contributed by atoms with van der Waals surface area (Å²) in [5, 5.41) is 6.35. The fourth-order valence-corrected chi connectivity index (χ4v) is 2.64. The van der Waals surface area contributed by atoms with Crippen LogP contribution in [0.5, 0.6) is 5.75 Å². The van der Waals surface area contributed by atoms with Gasteiger partial charge in [0.15, 0.2) is 0 Å². The van der Waals surface area contributed by atoms with Crippen molar-refractivity contribution < 1.29 is 9.13 Å². The molecular formula is C19H18ClFN4O. The van der Waals surface area contributed by atoms with Gasteiger partial charge >= 0.3 is 0 Å². The van der Waals surface area contributed by atoms with Crippen molar-refractivity contribution >= 4 is 29.1 Å². The molecule has 0 aliphatic carbocycles. The van der Waals surface area contributed by atoms with Gasteiger partial charge in [-0.05, 0) is 31.2 Å². The van der Waals surface area contributed by atoms with E-state index in [1.165, 1.54) is 12.1 Å². The molecule has 0 unspecified atom stereocenters. The van der Waals surface area contributed by atoms with Crippen LogP contribution >= 0.6 is 11.6 Å². The molecule has 0 saturated carbocycles. The highest BCUT2D eigenvalue weighted by molar-refractivity contribution is 6.31. The molecule has 0 aliphatic rings. The van der Waals surface area contributed by atoms with Crippen LogP contribution in [0.15, 0.2) is 48.5 Å². The van der Waals surface area contributed by atoms with Gasteiger partial charge in [0.25, 0.3) is 0 Å². The van der Waals surface area contributed by atoms with E-state index >= 15 is 0 Å². The predicted octanol–water partition coefficient (Wildman–Crippen LogP) is 4.94. The van der Waals surface area contributed by atoms with E-state index in [-0.39, 0.29) is 5.02 Å². The molecule has 0 atom stereocenters. The molecule has 3 aromatic rings. The maximum atomic E-state index is 13.3. The summed E-state index contributed by atoms with van der Waals surface area (Å²) < 4.78 is 18.6. The Hall–Kier alpha value is -2.86. The molecule has 134 valence electrons. The molecule has 0 aliphatic heterocycles. The second kappa shape index (κ2) is 8.01. The molecule has 0 radical (unpaired) electrons. The van der Waals surface area contributed by atoms with Crippen molar-refractivity contribution in [1.29, 1.82) is 0 Å².